The van der Waals surface area contributed by atoms with Crippen molar-refractivity contribution in [3.63, 3.8) is 0 Å². The molecule has 0 aromatic carbocycles. The standard InChI is InChI=1S/C5H7BrN2O2S/c1-8-3-4(6)5(7-8)11(9)10-2/h3H,1-2H3. The zero-order valence-corrected chi connectivity index (χ0v) is 8.48. The molecule has 0 amide bonds. The smallest absolute Gasteiger partial charge is 0.211 e. The van der Waals surface area contributed by atoms with Crippen LogP contribution in [0, 0.1) is 0 Å². The summed E-state index contributed by atoms with van der Waals surface area (Å²) in [5.74, 6) is 0. The second-order valence-corrected chi connectivity index (χ2v) is 3.90. The van der Waals surface area contributed by atoms with Crippen LogP contribution in [-0.4, -0.2) is 21.1 Å². The lowest BCUT2D eigenvalue weighted by molar-refractivity contribution is 0.442. The van der Waals surface area contributed by atoms with Crippen LogP contribution >= 0.6 is 15.9 Å². The van der Waals surface area contributed by atoms with Gasteiger partial charge in [0.15, 0.2) is 5.03 Å². The van der Waals surface area contributed by atoms with E-state index >= 15 is 0 Å². The van der Waals surface area contributed by atoms with Crippen LogP contribution in [0.3, 0.4) is 0 Å². The van der Waals surface area contributed by atoms with Gasteiger partial charge in [0.2, 0.25) is 11.1 Å². The van der Waals surface area contributed by atoms with Gasteiger partial charge in [-0.2, -0.15) is 5.10 Å². The quantitative estimate of drug-likeness (QED) is 0.768. The number of halogens is 1. The van der Waals surface area contributed by atoms with Gasteiger partial charge in [-0.3, -0.25) is 8.86 Å². The largest absolute Gasteiger partial charge is 0.289 e. The number of nitrogens with zero attached hydrogens (tertiary/aromatic N) is 2. The molecule has 0 N–H and O–H groups in total. The molecule has 4 nitrogen and oxygen atoms in total. The van der Waals surface area contributed by atoms with Gasteiger partial charge >= 0.3 is 0 Å². The SMILES string of the molecule is COS(=O)c1nn(C)cc1Br. The molecule has 0 aliphatic carbocycles. The van der Waals surface area contributed by atoms with E-state index in [1.54, 1.807) is 17.9 Å². The minimum absolute atomic E-state index is 0.412. The van der Waals surface area contributed by atoms with E-state index in [0.717, 1.165) is 0 Å². The fourth-order valence-corrected chi connectivity index (χ4v) is 1.97. The minimum atomic E-state index is -1.46. The van der Waals surface area contributed by atoms with Crippen LogP contribution in [0.5, 0.6) is 0 Å². The van der Waals surface area contributed by atoms with Crippen molar-refractivity contribution in [1.82, 2.24) is 9.78 Å². The van der Waals surface area contributed by atoms with Gasteiger partial charge < -0.3 is 0 Å². The summed E-state index contributed by atoms with van der Waals surface area (Å²) in [6, 6.07) is 0. The summed E-state index contributed by atoms with van der Waals surface area (Å²) in [5.41, 5.74) is 0. The van der Waals surface area contributed by atoms with Crippen molar-refractivity contribution in [3.8, 4) is 0 Å². The van der Waals surface area contributed by atoms with Crippen molar-refractivity contribution in [2.24, 2.45) is 7.05 Å². The van der Waals surface area contributed by atoms with Crippen LogP contribution < -0.4 is 0 Å². The van der Waals surface area contributed by atoms with Crippen molar-refractivity contribution in [1.29, 1.82) is 0 Å². The first kappa shape index (κ1) is 8.89. The zero-order chi connectivity index (χ0) is 8.43. The third-order valence-corrected chi connectivity index (χ3v) is 2.83. The molecule has 1 aromatic heterocycles. The van der Waals surface area contributed by atoms with Gasteiger partial charge in [-0.25, -0.2) is 4.21 Å². The van der Waals surface area contributed by atoms with Gasteiger partial charge in [0.05, 0.1) is 11.6 Å². The van der Waals surface area contributed by atoms with E-state index in [2.05, 4.69) is 25.2 Å². The van der Waals surface area contributed by atoms with Gasteiger partial charge in [-0.1, -0.05) is 0 Å². The van der Waals surface area contributed by atoms with E-state index in [9.17, 15) is 4.21 Å². The van der Waals surface area contributed by atoms with E-state index in [1.807, 2.05) is 0 Å². The highest BCUT2D eigenvalue weighted by molar-refractivity contribution is 9.10. The molecule has 11 heavy (non-hydrogen) atoms. The molecule has 0 saturated heterocycles. The van der Waals surface area contributed by atoms with Gasteiger partial charge in [0.1, 0.15) is 0 Å². The monoisotopic (exact) mass is 238 g/mol. The fourth-order valence-electron chi connectivity index (χ4n) is 0.631. The predicted molar refractivity (Wildman–Crippen MR) is 44.3 cm³/mol. The summed E-state index contributed by atoms with van der Waals surface area (Å²) < 4.78 is 17.9. The second-order valence-electron chi connectivity index (χ2n) is 1.86. The molecule has 0 spiro atoms. The molecule has 0 aliphatic heterocycles. The Morgan fingerprint density at radius 2 is 2.45 bits per heavy atom. The number of hydrogen-bond donors (Lipinski definition) is 0. The normalized spacial score (nSPS) is 13.4. The maximum absolute atomic E-state index is 11.0. The van der Waals surface area contributed by atoms with Gasteiger partial charge in [-0.15, -0.1) is 0 Å². The Morgan fingerprint density at radius 1 is 1.82 bits per heavy atom. The van der Waals surface area contributed by atoms with Gasteiger partial charge in [-0.05, 0) is 15.9 Å². The molecule has 1 heterocycles. The molecular formula is C5H7BrN2O2S. The molecule has 0 aliphatic rings. The summed E-state index contributed by atoms with van der Waals surface area (Å²) in [6.07, 6.45) is 1.71. The van der Waals surface area contributed by atoms with E-state index in [1.165, 1.54) is 7.11 Å². The van der Waals surface area contributed by atoms with Crippen LogP contribution in [0.25, 0.3) is 0 Å². The maximum atomic E-state index is 11.0. The molecular weight excluding hydrogens is 232 g/mol. The Hall–Kier alpha value is -0.200. The fraction of sp³-hybridized carbons (Fsp3) is 0.400. The predicted octanol–water partition coefficient (Wildman–Crippen LogP) is 0.852. The highest BCUT2D eigenvalue weighted by atomic mass is 79.9. The third-order valence-electron chi connectivity index (χ3n) is 1.06. The topological polar surface area (TPSA) is 44.1 Å². The lowest BCUT2D eigenvalue weighted by Crippen LogP contribution is -1.96. The van der Waals surface area contributed by atoms with Gasteiger partial charge in [0.25, 0.3) is 0 Å². The summed E-state index contributed by atoms with van der Waals surface area (Å²) in [4.78, 5) is 0. The minimum Gasteiger partial charge on any atom is -0.289 e. The summed E-state index contributed by atoms with van der Waals surface area (Å²) in [7, 11) is 3.12. The number of rotatable bonds is 2. The third kappa shape index (κ3) is 1.88. The average Bonchev–Trinajstić information content (AvgIpc) is 2.28. The summed E-state index contributed by atoms with van der Waals surface area (Å²) in [5, 5.41) is 4.34. The van der Waals surface area contributed by atoms with Crippen molar-refractivity contribution in [2.45, 2.75) is 5.03 Å². The maximum Gasteiger partial charge on any atom is 0.211 e. The van der Waals surface area contributed by atoms with Gasteiger partial charge in [0, 0.05) is 13.2 Å². The Morgan fingerprint density at radius 3 is 2.82 bits per heavy atom. The second kappa shape index (κ2) is 3.46. The highest BCUT2D eigenvalue weighted by Gasteiger charge is 2.11. The molecule has 0 saturated carbocycles. The van der Waals surface area contributed by atoms with Crippen LogP contribution in [-0.2, 0) is 22.3 Å². The Bertz CT molecular complexity index is 286. The first-order valence-corrected chi connectivity index (χ1v) is 4.67. The molecule has 0 fully saturated rings. The molecule has 1 aromatic rings. The Labute approximate surface area is 75.3 Å². The van der Waals surface area contributed by atoms with Crippen LogP contribution in [0.15, 0.2) is 15.7 Å². The van der Waals surface area contributed by atoms with E-state index in [4.69, 9.17) is 0 Å². The molecule has 6 heteroatoms. The first-order chi connectivity index (χ1) is 5.15. The van der Waals surface area contributed by atoms with Crippen molar-refractivity contribution in [2.75, 3.05) is 7.11 Å². The average molecular weight is 239 g/mol. The molecule has 0 bridgehead atoms. The van der Waals surface area contributed by atoms with Crippen molar-refractivity contribution < 1.29 is 8.39 Å². The lowest BCUT2D eigenvalue weighted by Gasteiger charge is -1.91. The zero-order valence-electron chi connectivity index (χ0n) is 6.07. The van der Waals surface area contributed by atoms with Crippen LogP contribution in [0.4, 0.5) is 0 Å². The lowest BCUT2D eigenvalue weighted by atomic mass is 10.7. The first-order valence-electron chi connectivity index (χ1n) is 2.80. The molecule has 0 radical (unpaired) electrons. The van der Waals surface area contributed by atoms with E-state index in [-0.39, 0.29) is 0 Å². The van der Waals surface area contributed by atoms with Crippen LogP contribution in [0.2, 0.25) is 0 Å². The summed E-state index contributed by atoms with van der Waals surface area (Å²) >= 11 is 1.74. The Kier molecular flexibility index (Phi) is 2.80. The van der Waals surface area contributed by atoms with E-state index in [0.29, 0.717) is 9.50 Å². The number of hydrogen-bond acceptors (Lipinski definition) is 3. The number of aromatic nitrogens is 2. The number of aryl methyl sites for hydroxylation is 1. The molecule has 1 atom stereocenters. The Balaban J connectivity index is 3.03. The van der Waals surface area contributed by atoms with Crippen LogP contribution in [0.1, 0.15) is 0 Å². The molecule has 62 valence electrons. The molecule has 1 rings (SSSR count). The van der Waals surface area contributed by atoms with Crippen molar-refractivity contribution in [3.05, 3.63) is 10.7 Å². The van der Waals surface area contributed by atoms with Crippen molar-refractivity contribution >= 4 is 27.0 Å². The highest BCUT2D eigenvalue weighted by Crippen LogP contribution is 2.17. The van der Waals surface area contributed by atoms with E-state index < -0.39 is 11.1 Å². The summed E-state index contributed by atoms with van der Waals surface area (Å²) in [6.45, 7) is 0. The molecule has 1 unspecified atom stereocenters.